The van der Waals surface area contributed by atoms with Gasteiger partial charge in [0.1, 0.15) is 0 Å². The van der Waals surface area contributed by atoms with Gasteiger partial charge in [0.2, 0.25) is 0 Å². The molecular formula is C18H23BrO3. The lowest BCUT2D eigenvalue weighted by Gasteiger charge is -2.58. The third-order valence-electron chi connectivity index (χ3n) is 5.82. The van der Waals surface area contributed by atoms with E-state index in [-0.39, 0.29) is 11.5 Å². The highest BCUT2D eigenvalue weighted by atomic mass is 79.9. The van der Waals surface area contributed by atoms with Crippen LogP contribution in [0.4, 0.5) is 0 Å². The number of fused-ring (bicyclic) bond motifs is 3. The maximum absolute atomic E-state index is 6.30. The Labute approximate surface area is 140 Å². The minimum atomic E-state index is -1.00. The van der Waals surface area contributed by atoms with E-state index in [1.165, 1.54) is 32.1 Å². The fourth-order valence-electron chi connectivity index (χ4n) is 4.33. The number of benzene rings is 1. The summed E-state index contributed by atoms with van der Waals surface area (Å²) in [5.41, 5.74) is 0.983. The Kier molecular flexibility index (Phi) is 3.84. The van der Waals surface area contributed by atoms with Gasteiger partial charge < -0.3 is 14.2 Å². The summed E-state index contributed by atoms with van der Waals surface area (Å²) in [5, 5.41) is 0. The van der Waals surface area contributed by atoms with Crippen LogP contribution < -0.4 is 0 Å². The molecule has 2 bridgehead atoms. The number of hydrogen-bond acceptors (Lipinski definition) is 3. The molecule has 5 rings (SSSR count). The van der Waals surface area contributed by atoms with E-state index in [0.717, 1.165) is 23.2 Å². The Bertz CT molecular complexity index is 528. The monoisotopic (exact) mass is 366 g/mol. The van der Waals surface area contributed by atoms with E-state index in [4.69, 9.17) is 14.2 Å². The second-order valence-electron chi connectivity index (χ2n) is 6.97. The third kappa shape index (κ3) is 2.27. The van der Waals surface area contributed by atoms with Crippen molar-refractivity contribution >= 4 is 15.9 Å². The lowest BCUT2D eigenvalue weighted by molar-refractivity contribution is -0.504. The maximum Gasteiger partial charge on any atom is 0.312 e. The zero-order valence-corrected chi connectivity index (χ0v) is 14.6. The molecule has 1 atom stereocenters. The Morgan fingerprint density at radius 1 is 1.00 bits per heavy atom. The van der Waals surface area contributed by atoms with Gasteiger partial charge >= 0.3 is 5.97 Å². The van der Waals surface area contributed by atoms with Crippen LogP contribution in [0.5, 0.6) is 0 Å². The molecule has 3 saturated heterocycles. The van der Waals surface area contributed by atoms with Crippen LogP contribution in [-0.4, -0.2) is 19.3 Å². The summed E-state index contributed by atoms with van der Waals surface area (Å²) in [6.07, 6.45) is 6.76. The van der Waals surface area contributed by atoms with Crippen LogP contribution in [-0.2, 0) is 20.2 Å². The molecule has 22 heavy (non-hydrogen) atoms. The molecule has 1 aliphatic carbocycles. The molecule has 4 fully saturated rings. The van der Waals surface area contributed by atoms with Crippen LogP contribution in [0.1, 0.15) is 44.6 Å². The van der Waals surface area contributed by atoms with Crippen molar-refractivity contribution in [3.63, 3.8) is 0 Å². The van der Waals surface area contributed by atoms with Crippen molar-refractivity contribution in [3.05, 3.63) is 34.3 Å². The SMILES string of the molecule is CC1OC2(c3ccc(Br)cc3)OCC1(C1CCCCC1)CO2. The fourth-order valence-corrected chi connectivity index (χ4v) is 4.59. The first kappa shape index (κ1) is 15.1. The van der Waals surface area contributed by atoms with Gasteiger partial charge in [-0.2, -0.15) is 0 Å². The molecule has 3 aliphatic heterocycles. The summed E-state index contributed by atoms with van der Waals surface area (Å²) in [6, 6.07) is 8.02. The zero-order chi connectivity index (χ0) is 15.2. The minimum absolute atomic E-state index is 0.0392. The number of hydrogen-bond donors (Lipinski definition) is 0. The van der Waals surface area contributed by atoms with Crippen molar-refractivity contribution < 1.29 is 14.2 Å². The molecule has 1 unspecified atom stereocenters. The van der Waals surface area contributed by atoms with E-state index in [0.29, 0.717) is 5.92 Å². The van der Waals surface area contributed by atoms with Gasteiger partial charge in [-0.25, -0.2) is 0 Å². The molecule has 1 saturated carbocycles. The van der Waals surface area contributed by atoms with Gasteiger partial charge in [0.15, 0.2) is 0 Å². The van der Waals surface area contributed by atoms with Gasteiger partial charge in [0.25, 0.3) is 0 Å². The van der Waals surface area contributed by atoms with Gasteiger partial charge in [-0.1, -0.05) is 35.2 Å². The summed E-state index contributed by atoms with van der Waals surface area (Å²) in [5.74, 6) is -0.337. The van der Waals surface area contributed by atoms with Crippen molar-refractivity contribution in [2.45, 2.75) is 51.1 Å². The van der Waals surface area contributed by atoms with Crippen LogP contribution in [0.3, 0.4) is 0 Å². The van der Waals surface area contributed by atoms with E-state index >= 15 is 0 Å². The molecule has 4 aliphatic rings. The minimum Gasteiger partial charge on any atom is -0.323 e. The Balaban J connectivity index is 1.59. The molecular weight excluding hydrogens is 344 g/mol. The first-order chi connectivity index (χ1) is 10.6. The van der Waals surface area contributed by atoms with E-state index in [1.54, 1.807) is 0 Å². The van der Waals surface area contributed by atoms with Crippen molar-refractivity contribution in [2.24, 2.45) is 11.3 Å². The van der Waals surface area contributed by atoms with Crippen molar-refractivity contribution in [3.8, 4) is 0 Å². The molecule has 4 heteroatoms. The average Bonchev–Trinajstić information content (AvgIpc) is 2.57. The molecule has 0 spiro atoms. The van der Waals surface area contributed by atoms with Gasteiger partial charge in [-0.3, -0.25) is 0 Å². The lowest BCUT2D eigenvalue weighted by atomic mass is 9.65. The molecule has 0 aromatic heterocycles. The van der Waals surface area contributed by atoms with Crippen molar-refractivity contribution in [1.29, 1.82) is 0 Å². The molecule has 3 nitrogen and oxygen atoms in total. The highest BCUT2D eigenvalue weighted by molar-refractivity contribution is 9.10. The number of halogens is 1. The fraction of sp³-hybridized carbons (Fsp3) is 0.667. The predicted molar refractivity (Wildman–Crippen MR) is 87.3 cm³/mol. The zero-order valence-electron chi connectivity index (χ0n) is 13.0. The Morgan fingerprint density at radius 2 is 1.64 bits per heavy atom. The molecule has 3 heterocycles. The third-order valence-corrected chi connectivity index (χ3v) is 6.35. The van der Waals surface area contributed by atoms with Gasteiger partial charge in [0, 0.05) is 15.5 Å². The molecule has 1 aromatic rings. The molecule has 120 valence electrons. The van der Waals surface area contributed by atoms with E-state index in [2.05, 4.69) is 22.9 Å². The largest absolute Gasteiger partial charge is 0.323 e. The van der Waals surface area contributed by atoms with E-state index in [1.807, 2.05) is 24.3 Å². The van der Waals surface area contributed by atoms with Crippen LogP contribution in [0, 0.1) is 11.3 Å². The number of ether oxygens (including phenoxy) is 3. The summed E-state index contributed by atoms with van der Waals surface area (Å²) in [7, 11) is 0. The predicted octanol–water partition coefficient (Wildman–Crippen LogP) is 4.59. The summed E-state index contributed by atoms with van der Waals surface area (Å²) >= 11 is 3.47. The average molecular weight is 367 g/mol. The summed E-state index contributed by atoms with van der Waals surface area (Å²) < 4.78 is 19.7. The molecule has 0 N–H and O–H groups in total. The van der Waals surface area contributed by atoms with E-state index in [9.17, 15) is 0 Å². The quantitative estimate of drug-likeness (QED) is 0.765. The Morgan fingerprint density at radius 3 is 2.23 bits per heavy atom. The smallest absolute Gasteiger partial charge is 0.312 e. The molecule has 0 radical (unpaired) electrons. The lowest BCUT2D eigenvalue weighted by Crippen LogP contribution is -2.64. The highest BCUT2D eigenvalue weighted by Crippen LogP contribution is 2.54. The first-order valence-electron chi connectivity index (χ1n) is 8.36. The van der Waals surface area contributed by atoms with Crippen LogP contribution >= 0.6 is 15.9 Å². The molecule has 1 aromatic carbocycles. The van der Waals surface area contributed by atoms with Crippen molar-refractivity contribution in [1.82, 2.24) is 0 Å². The molecule has 0 amide bonds. The van der Waals surface area contributed by atoms with Gasteiger partial charge in [-0.05, 0) is 49.9 Å². The summed E-state index contributed by atoms with van der Waals surface area (Å²) in [4.78, 5) is 0. The normalized spacial score (nSPS) is 39.1. The number of rotatable bonds is 2. The first-order valence-corrected chi connectivity index (χ1v) is 9.16. The van der Waals surface area contributed by atoms with Crippen LogP contribution in [0.15, 0.2) is 28.7 Å². The van der Waals surface area contributed by atoms with E-state index < -0.39 is 5.97 Å². The maximum atomic E-state index is 6.30. The topological polar surface area (TPSA) is 27.7 Å². The second-order valence-corrected chi connectivity index (χ2v) is 7.88. The standard InChI is InChI=1S/C18H23BrO3/c1-13-17(14-5-3-2-4-6-14)11-20-18(22-13,21-12-17)15-7-9-16(19)10-8-15/h7-10,13-14H,2-6,11-12H2,1H3. The van der Waals surface area contributed by atoms with Gasteiger partial charge in [0.05, 0.1) is 19.3 Å². The second kappa shape index (κ2) is 5.59. The van der Waals surface area contributed by atoms with Gasteiger partial charge in [-0.15, -0.1) is 0 Å². The highest BCUT2D eigenvalue weighted by Gasteiger charge is 2.60. The van der Waals surface area contributed by atoms with Crippen LogP contribution in [0.2, 0.25) is 0 Å². The summed E-state index contributed by atoms with van der Waals surface area (Å²) in [6.45, 7) is 3.69. The Hall–Kier alpha value is -0.420. The van der Waals surface area contributed by atoms with Crippen LogP contribution in [0.25, 0.3) is 0 Å². The van der Waals surface area contributed by atoms with Crippen molar-refractivity contribution in [2.75, 3.05) is 13.2 Å².